The molecule has 0 amide bonds. The van der Waals surface area contributed by atoms with Crippen molar-refractivity contribution < 1.29 is 8.42 Å². The molecule has 1 fully saturated rings. The summed E-state index contributed by atoms with van der Waals surface area (Å²) in [5.74, 6) is 0.595. The molecule has 1 aliphatic heterocycles. The Labute approximate surface area is 99.3 Å². The molecule has 4 nitrogen and oxygen atoms in total. The van der Waals surface area contributed by atoms with Gasteiger partial charge < -0.3 is 10.2 Å². The van der Waals surface area contributed by atoms with Gasteiger partial charge in [-0.05, 0) is 26.8 Å². The Morgan fingerprint density at radius 2 is 1.81 bits per heavy atom. The van der Waals surface area contributed by atoms with Gasteiger partial charge >= 0.3 is 0 Å². The highest BCUT2D eigenvalue weighted by molar-refractivity contribution is 7.91. The van der Waals surface area contributed by atoms with Crippen molar-refractivity contribution in [2.45, 2.75) is 39.3 Å². The van der Waals surface area contributed by atoms with Crippen molar-refractivity contribution in [2.24, 2.45) is 0 Å². The quantitative estimate of drug-likeness (QED) is 0.769. The molecule has 2 atom stereocenters. The van der Waals surface area contributed by atoms with Crippen molar-refractivity contribution in [3.63, 3.8) is 0 Å². The number of nitrogens with zero attached hydrogens (tertiary/aromatic N) is 1. The first kappa shape index (κ1) is 13.9. The van der Waals surface area contributed by atoms with E-state index >= 15 is 0 Å². The molecule has 1 rings (SSSR count). The Kier molecular flexibility index (Phi) is 5.21. The maximum Gasteiger partial charge on any atom is 0.150 e. The van der Waals surface area contributed by atoms with Crippen molar-refractivity contribution in [2.75, 3.05) is 31.1 Å². The summed E-state index contributed by atoms with van der Waals surface area (Å²) in [4.78, 5) is 2.36. The minimum atomic E-state index is -2.79. The van der Waals surface area contributed by atoms with Gasteiger partial charge in [-0.25, -0.2) is 8.42 Å². The van der Waals surface area contributed by atoms with E-state index < -0.39 is 9.84 Å². The summed E-state index contributed by atoms with van der Waals surface area (Å²) in [7, 11) is -2.79. The van der Waals surface area contributed by atoms with Crippen molar-refractivity contribution in [3.8, 4) is 0 Å². The first-order valence-corrected chi connectivity index (χ1v) is 7.94. The molecule has 0 bridgehead atoms. The molecule has 0 aromatic rings. The lowest BCUT2D eigenvalue weighted by Crippen LogP contribution is -2.54. The number of rotatable bonds is 5. The number of hydrogen-bond acceptors (Lipinski definition) is 4. The van der Waals surface area contributed by atoms with Gasteiger partial charge in [0.15, 0.2) is 0 Å². The smallest absolute Gasteiger partial charge is 0.150 e. The van der Waals surface area contributed by atoms with Crippen molar-refractivity contribution in [1.82, 2.24) is 10.2 Å². The molecule has 0 aromatic heterocycles. The Morgan fingerprint density at radius 1 is 1.25 bits per heavy atom. The van der Waals surface area contributed by atoms with E-state index in [9.17, 15) is 8.42 Å². The van der Waals surface area contributed by atoms with Crippen LogP contribution >= 0.6 is 0 Å². The van der Waals surface area contributed by atoms with E-state index in [1.165, 1.54) is 0 Å². The zero-order valence-electron chi connectivity index (χ0n) is 10.6. The molecule has 16 heavy (non-hydrogen) atoms. The maximum atomic E-state index is 11.3. The summed E-state index contributed by atoms with van der Waals surface area (Å²) >= 11 is 0. The van der Waals surface area contributed by atoms with Crippen LogP contribution in [-0.4, -0.2) is 56.5 Å². The van der Waals surface area contributed by atoms with Crippen LogP contribution in [0.15, 0.2) is 0 Å². The highest BCUT2D eigenvalue weighted by Gasteiger charge is 2.20. The SMILES string of the molecule is CCS(=O)(=O)CCCN1CC(C)NC(C)C1. The Balaban J connectivity index is 2.27. The third-order valence-corrected chi connectivity index (χ3v) is 4.79. The first-order chi connectivity index (χ1) is 7.43. The van der Waals surface area contributed by atoms with Crippen LogP contribution in [0.25, 0.3) is 0 Å². The van der Waals surface area contributed by atoms with Gasteiger partial charge in [0.1, 0.15) is 9.84 Å². The molecule has 5 heteroatoms. The van der Waals surface area contributed by atoms with Crippen LogP contribution in [0, 0.1) is 0 Å². The molecule has 96 valence electrons. The number of piperazine rings is 1. The molecule has 0 saturated carbocycles. The minimum absolute atomic E-state index is 0.265. The van der Waals surface area contributed by atoms with Crippen LogP contribution in [0.3, 0.4) is 0 Å². The highest BCUT2D eigenvalue weighted by atomic mass is 32.2. The second kappa shape index (κ2) is 5.98. The number of sulfone groups is 1. The predicted octanol–water partition coefficient (Wildman–Crippen LogP) is 0.493. The molecule has 0 radical (unpaired) electrons. The molecule has 1 heterocycles. The average Bonchev–Trinajstić information content (AvgIpc) is 2.16. The van der Waals surface area contributed by atoms with Crippen molar-refractivity contribution in [1.29, 1.82) is 0 Å². The van der Waals surface area contributed by atoms with E-state index in [2.05, 4.69) is 24.1 Å². The van der Waals surface area contributed by atoms with Gasteiger partial charge in [-0.1, -0.05) is 6.92 Å². The van der Waals surface area contributed by atoms with Crippen LogP contribution in [-0.2, 0) is 9.84 Å². The summed E-state index contributed by atoms with van der Waals surface area (Å²) in [6.07, 6.45) is 0.760. The molecule has 0 aliphatic carbocycles. The molecule has 0 spiro atoms. The molecular weight excluding hydrogens is 224 g/mol. The third kappa shape index (κ3) is 4.80. The topological polar surface area (TPSA) is 49.4 Å². The van der Waals surface area contributed by atoms with Gasteiger partial charge in [-0.15, -0.1) is 0 Å². The molecule has 1 aliphatic rings. The van der Waals surface area contributed by atoms with Crippen molar-refractivity contribution >= 4 is 9.84 Å². The van der Waals surface area contributed by atoms with Gasteiger partial charge in [-0.2, -0.15) is 0 Å². The molecule has 1 saturated heterocycles. The van der Waals surface area contributed by atoms with Crippen LogP contribution in [0.2, 0.25) is 0 Å². The fraction of sp³-hybridized carbons (Fsp3) is 1.00. The summed E-state index contributed by atoms with van der Waals surface area (Å²) in [5, 5.41) is 3.47. The Hall–Kier alpha value is -0.130. The Morgan fingerprint density at radius 3 is 2.31 bits per heavy atom. The van der Waals surface area contributed by atoms with E-state index in [0.29, 0.717) is 17.8 Å². The summed E-state index contributed by atoms with van der Waals surface area (Å²) in [5.41, 5.74) is 0. The van der Waals surface area contributed by atoms with Gasteiger partial charge in [0.25, 0.3) is 0 Å². The standard InChI is InChI=1S/C11H24N2O2S/c1-4-16(14,15)7-5-6-13-8-10(2)12-11(3)9-13/h10-12H,4-9H2,1-3H3. The second-order valence-corrected chi connectivity index (χ2v) is 7.29. The Bertz CT molecular complexity index is 293. The van der Waals surface area contributed by atoms with Crippen molar-refractivity contribution in [3.05, 3.63) is 0 Å². The lowest BCUT2D eigenvalue weighted by molar-refractivity contribution is 0.174. The zero-order valence-corrected chi connectivity index (χ0v) is 11.4. The normalized spacial score (nSPS) is 28.2. The fourth-order valence-electron chi connectivity index (χ4n) is 2.28. The highest BCUT2D eigenvalue weighted by Crippen LogP contribution is 2.05. The van der Waals surface area contributed by atoms with E-state index in [1.54, 1.807) is 6.92 Å². The van der Waals surface area contributed by atoms with Crippen LogP contribution < -0.4 is 5.32 Å². The van der Waals surface area contributed by atoms with Gasteiger partial charge in [0.05, 0.1) is 5.75 Å². The lowest BCUT2D eigenvalue weighted by Gasteiger charge is -2.36. The van der Waals surface area contributed by atoms with Crippen LogP contribution in [0.1, 0.15) is 27.2 Å². The molecule has 1 N–H and O–H groups in total. The third-order valence-electron chi connectivity index (χ3n) is 3.00. The van der Waals surface area contributed by atoms with E-state index in [-0.39, 0.29) is 5.75 Å². The second-order valence-electron chi connectivity index (χ2n) is 4.82. The maximum absolute atomic E-state index is 11.3. The monoisotopic (exact) mass is 248 g/mol. The zero-order chi connectivity index (χ0) is 12.2. The van der Waals surface area contributed by atoms with Gasteiger partial charge in [-0.3, -0.25) is 0 Å². The number of hydrogen-bond donors (Lipinski definition) is 1. The minimum Gasteiger partial charge on any atom is -0.309 e. The predicted molar refractivity (Wildman–Crippen MR) is 67.4 cm³/mol. The number of nitrogens with one attached hydrogen (secondary N) is 1. The van der Waals surface area contributed by atoms with Gasteiger partial charge in [0, 0.05) is 30.9 Å². The summed E-state index contributed by atoms with van der Waals surface area (Å²) in [6, 6.07) is 1.01. The molecule has 0 aromatic carbocycles. The van der Waals surface area contributed by atoms with E-state index in [4.69, 9.17) is 0 Å². The lowest BCUT2D eigenvalue weighted by atomic mass is 10.1. The van der Waals surface area contributed by atoms with E-state index in [0.717, 1.165) is 26.1 Å². The fourth-order valence-corrected chi connectivity index (χ4v) is 3.13. The average molecular weight is 248 g/mol. The van der Waals surface area contributed by atoms with Crippen LogP contribution in [0.4, 0.5) is 0 Å². The summed E-state index contributed by atoms with van der Waals surface area (Å²) in [6.45, 7) is 9.00. The van der Waals surface area contributed by atoms with E-state index in [1.807, 2.05) is 0 Å². The van der Waals surface area contributed by atoms with Gasteiger partial charge in [0.2, 0.25) is 0 Å². The molecule has 2 unspecified atom stereocenters. The largest absolute Gasteiger partial charge is 0.309 e. The molecular formula is C11H24N2O2S. The van der Waals surface area contributed by atoms with Crippen LogP contribution in [0.5, 0.6) is 0 Å². The first-order valence-electron chi connectivity index (χ1n) is 6.12. The summed E-state index contributed by atoms with van der Waals surface area (Å²) < 4.78 is 22.7.